The molecule has 0 rings (SSSR count). The third-order valence-electron chi connectivity index (χ3n) is 0. The fourth-order valence-corrected chi connectivity index (χ4v) is 0. The van der Waals surface area contributed by atoms with E-state index in [0.717, 1.165) is 0 Å². The van der Waals surface area contributed by atoms with Crippen molar-refractivity contribution >= 4 is 0 Å². The van der Waals surface area contributed by atoms with E-state index in [1.807, 2.05) is 0 Å². The molecular formula is FeNi2Zn. The van der Waals surface area contributed by atoms with E-state index < -0.39 is 0 Å². The molecule has 0 aromatic rings. The molecule has 0 aliphatic carbocycles. The molecule has 0 aliphatic heterocycles. The summed E-state index contributed by atoms with van der Waals surface area (Å²) in [7, 11) is 0. The van der Waals surface area contributed by atoms with Gasteiger partial charge in [-0.15, -0.1) is 0 Å². The summed E-state index contributed by atoms with van der Waals surface area (Å²) in [5.74, 6) is 0. The molecule has 0 aromatic heterocycles. The van der Waals surface area contributed by atoms with Gasteiger partial charge in [0, 0.05) is 69.5 Å². The molecule has 0 unspecified atom stereocenters. The Bertz CT molecular complexity index is 6.00. The Morgan fingerprint density at radius 2 is 0.750 bits per heavy atom. The molecule has 4 heteroatoms. The van der Waals surface area contributed by atoms with Gasteiger partial charge in [0.15, 0.2) is 0 Å². The topological polar surface area (TPSA) is 0 Å². The van der Waals surface area contributed by atoms with E-state index in [4.69, 9.17) is 0 Å². The SMILES string of the molecule is [Fe].[Ni].[Ni].[Zn]. The van der Waals surface area contributed by atoms with Crippen LogP contribution in [0.3, 0.4) is 0 Å². The summed E-state index contributed by atoms with van der Waals surface area (Å²) in [5.41, 5.74) is 0. The van der Waals surface area contributed by atoms with Crippen molar-refractivity contribution in [3.8, 4) is 0 Å². The smallest absolute Gasteiger partial charge is 0 e. The van der Waals surface area contributed by atoms with Crippen LogP contribution in [0.25, 0.3) is 0 Å². The van der Waals surface area contributed by atoms with Crippen LogP contribution in [-0.4, -0.2) is 0 Å². The van der Waals surface area contributed by atoms with E-state index in [2.05, 4.69) is 0 Å². The summed E-state index contributed by atoms with van der Waals surface area (Å²) < 4.78 is 0. The van der Waals surface area contributed by atoms with Crippen LogP contribution in [0.2, 0.25) is 0 Å². The maximum Gasteiger partial charge on any atom is 0 e. The molecule has 30 valence electrons. The van der Waals surface area contributed by atoms with Crippen molar-refractivity contribution in [1.29, 1.82) is 0 Å². The van der Waals surface area contributed by atoms with E-state index >= 15 is 0 Å². The first-order valence-electron chi connectivity index (χ1n) is 0. The summed E-state index contributed by atoms with van der Waals surface area (Å²) in [6.07, 6.45) is 0. The van der Waals surface area contributed by atoms with Gasteiger partial charge in [-0.05, 0) is 0 Å². The molecular weight excluding hydrogens is 239 g/mol. The first-order chi connectivity index (χ1) is 0. The van der Waals surface area contributed by atoms with Crippen molar-refractivity contribution in [1.82, 2.24) is 0 Å². The summed E-state index contributed by atoms with van der Waals surface area (Å²) in [6, 6.07) is 0. The summed E-state index contributed by atoms with van der Waals surface area (Å²) >= 11 is 0. The molecule has 0 saturated heterocycles. The first-order valence-corrected chi connectivity index (χ1v) is 0. The Balaban J connectivity index is 0. The third kappa shape index (κ3) is 8.92. The molecule has 0 saturated carbocycles. The van der Waals surface area contributed by atoms with Gasteiger partial charge >= 0.3 is 0 Å². The van der Waals surface area contributed by atoms with Gasteiger partial charge in [-0.2, -0.15) is 0 Å². The zero-order valence-corrected chi connectivity index (χ0v) is 7.74. The summed E-state index contributed by atoms with van der Waals surface area (Å²) in [5, 5.41) is 0. The molecule has 0 bridgehead atoms. The van der Waals surface area contributed by atoms with E-state index in [1.165, 1.54) is 0 Å². The van der Waals surface area contributed by atoms with Gasteiger partial charge in [-0.3, -0.25) is 0 Å². The van der Waals surface area contributed by atoms with E-state index in [0.29, 0.717) is 0 Å². The minimum Gasteiger partial charge on any atom is 0 e. The molecule has 0 fully saturated rings. The number of hydrogen-bond donors (Lipinski definition) is 0. The second-order valence-corrected chi connectivity index (χ2v) is 0. The largest absolute Gasteiger partial charge is 0 e. The standard InChI is InChI=1S/Fe.2Ni.Zn. The van der Waals surface area contributed by atoms with Gasteiger partial charge in [0.1, 0.15) is 0 Å². The molecule has 0 spiro atoms. The Labute approximate surface area is 68.9 Å². The quantitative estimate of drug-likeness (QED) is 0.521. The molecule has 0 nitrogen and oxygen atoms in total. The fraction of sp³-hybridized carbons (Fsp3) is 0. The van der Waals surface area contributed by atoms with Gasteiger partial charge in [-0.1, -0.05) is 0 Å². The van der Waals surface area contributed by atoms with Crippen LogP contribution < -0.4 is 0 Å². The van der Waals surface area contributed by atoms with Crippen LogP contribution >= 0.6 is 0 Å². The first kappa shape index (κ1) is 35.6. The molecule has 4 heavy (non-hydrogen) atoms. The van der Waals surface area contributed by atoms with Crippen LogP contribution in [0.5, 0.6) is 0 Å². The van der Waals surface area contributed by atoms with Crippen molar-refractivity contribution < 1.29 is 69.5 Å². The minimum atomic E-state index is 0. The van der Waals surface area contributed by atoms with E-state index in [9.17, 15) is 0 Å². The zero-order valence-electron chi connectivity index (χ0n) is 1.69. The predicted molar refractivity (Wildman–Crippen MR) is 0 cm³/mol. The van der Waals surface area contributed by atoms with Crippen molar-refractivity contribution in [3.05, 3.63) is 0 Å². The van der Waals surface area contributed by atoms with Gasteiger partial charge in [0.05, 0.1) is 0 Å². The van der Waals surface area contributed by atoms with Crippen LogP contribution in [0.4, 0.5) is 0 Å². The molecule has 0 atom stereocenters. The van der Waals surface area contributed by atoms with Crippen LogP contribution in [0, 0.1) is 0 Å². The van der Waals surface area contributed by atoms with Gasteiger partial charge in [0.2, 0.25) is 0 Å². The Hall–Kier alpha value is 2.13. The number of rotatable bonds is 0. The van der Waals surface area contributed by atoms with Gasteiger partial charge in [0.25, 0.3) is 0 Å². The second-order valence-electron chi connectivity index (χ2n) is 0. The van der Waals surface area contributed by atoms with Crippen molar-refractivity contribution in [3.63, 3.8) is 0 Å². The minimum absolute atomic E-state index is 0. The third-order valence-corrected chi connectivity index (χ3v) is 0. The van der Waals surface area contributed by atoms with Crippen molar-refractivity contribution in [2.75, 3.05) is 0 Å². The number of hydrogen-bond acceptors (Lipinski definition) is 0. The molecule has 0 heterocycles. The molecule has 0 N–H and O–H groups in total. The predicted octanol–water partition coefficient (Wildman–Crippen LogP) is -0.0100. The molecule has 0 amide bonds. The van der Waals surface area contributed by atoms with E-state index in [-0.39, 0.29) is 69.5 Å². The monoisotopic (exact) mass is 236 g/mol. The van der Waals surface area contributed by atoms with Crippen molar-refractivity contribution in [2.45, 2.75) is 0 Å². The molecule has 0 radical (unpaired) electrons. The normalized spacial score (nSPS) is 0. The Morgan fingerprint density at radius 1 is 0.750 bits per heavy atom. The molecule has 0 aliphatic rings. The average molecular weight is 239 g/mol. The van der Waals surface area contributed by atoms with Gasteiger partial charge < -0.3 is 0 Å². The Morgan fingerprint density at radius 3 is 0.750 bits per heavy atom. The van der Waals surface area contributed by atoms with E-state index in [1.54, 1.807) is 0 Å². The van der Waals surface area contributed by atoms with Crippen LogP contribution in [0.15, 0.2) is 0 Å². The second kappa shape index (κ2) is 19.3. The molecule has 0 aromatic carbocycles. The van der Waals surface area contributed by atoms with Crippen LogP contribution in [-0.2, 0) is 69.5 Å². The Kier molecular flexibility index (Phi) is 171. The summed E-state index contributed by atoms with van der Waals surface area (Å²) in [4.78, 5) is 0. The van der Waals surface area contributed by atoms with Gasteiger partial charge in [-0.25, -0.2) is 0 Å². The average Bonchev–Trinajstić information content (AvgIpc) is 0. The maximum absolute atomic E-state index is 0. The maximum atomic E-state index is 0. The zero-order chi connectivity index (χ0) is 0. The summed E-state index contributed by atoms with van der Waals surface area (Å²) in [6.45, 7) is 0. The van der Waals surface area contributed by atoms with Crippen LogP contribution in [0.1, 0.15) is 0 Å². The van der Waals surface area contributed by atoms with Crippen molar-refractivity contribution in [2.24, 2.45) is 0 Å². The fourth-order valence-electron chi connectivity index (χ4n) is 0.